The largest absolute Gasteiger partial charge is 0.339 e. The van der Waals surface area contributed by atoms with Crippen molar-refractivity contribution in [3.05, 3.63) is 0 Å². The summed E-state index contributed by atoms with van der Waals surface area (Å²) in [5.74, 6) is 2.51. The smallest absolute Gasteiger partial charge is 0.223 e. The Kier molecular flexibility index (Phi) is 7.68. The Hall–Kier alpha value is -0.280. The summed E-state index contributed by atoms with van der Waals surface area (Å²) in [6.45, 7) is 5.62. The minimum Gasteiger partial charge on any atom is -0.339 e. The van der Waals surface area contributed by atoms with Gasteiger partial charge in [-0.2, -0.15) is 0 Å². The first kappa shape index (κ1) is 19.1. The molecule has 3 nitrogen and oxygen atoms in total. The number of nitrogens with one attached hydrogen (secondary N) is 1. The molecule has 0 aromatic heterocycles. The molecule has 2 saturated carbocycles. The van der Waals surface area contributed by atoms with Crippen molar-refractivity contribution < 1.29 is 4.79 Å². The number of piperidine rings is 1. The van der Waals surface area contributed by atoms with Gasteiger partial charge in [0.05, 0.1) is 0 Å². The van der Waals surface area contributed by atoms with E-state index < -0.39 is 0 Å². The van der Waals surface area contributed by atoms with Crippen LogP contribution in [0.15, 0.2) is 0 Å². The Labute approximate surface area is 148 Å². The van der Waals surface area contributed by atoms with Crippen LogP contribution in [0.5, 0.6) is 0 Å². The van der Waals surface area contributed by atoms with E-state index in [2.05, 4.69) is 17.1 Å². The number of halogens is 1. The molecule has 2 unspecified atom stereocenters. The molecule has 0 spiro atoms. The van der Waals surface area contributed by atoms with Crippen LogP contribution in [-0.4, -0.2) is 36.5 Å². The molecule has 0 bridgehead atoms. The predicted molar refractivity (Wildman–Crippen MR) is 97.9 cm³/mol. The minimum atomic E-state index is 0. The van der Waals surface area contributed by atoms with E-state index in [0.29, 0.717) is 23.8 Å². The van der Waals surface area contributed by atoms with Crippen LogP contribution in [0.4, 0.5) is 0 Å². The van der Waals surface area contributed by atoms with Crippen molar-refractivity contribution >= 4 is 18.3 Å². The molecule has 2 aliphatic carbocycles. The summed E-state index contributed by atoms with van der Waals surface area (Å²) < 4.78 is 0. The van der Waals surface area contributed by atoms with Gasteiger partial charge in [0, 0.05) is 19.0 Å². The minimum absolute atomic E-state index is 0. The number of carbonyl (C=O) groups excluding carboxylic acids is 1. The number of nitrogens with zero attached hydrogens (tertiary/aromatic N) is 1. The van der Waals surface area contributed by atoms with E-state index in [9.17, 15) is 4.79 Å². The summed E-state index contributed by atoms with van der Waals surface area (Å²) in [6.07, 6.45) is 12.5. The van der Waals surface area contributed by atoms with Gasteiger partial charge in [-0.1, -0.05) is 26.2 Å². The van der Waals surface area contributed by atoms with Gasteiger partial charge in [0.2, 0.25) is 5.91 Å². The van der Waals surface area contributed by atoms with Crippen LogP contribution in [0, 0.1) is 17.8 Å². The average molecular weight is 343 g/mol. The molecule has 0 radical (unpaired) electrons. The van der Waals surface area contributed by atoms with Crippen LogP contribution in [-0.2, 0) is 4.79 Å². The second kappa shape index (κ2) is 9.27. The van der Waals surface area contributed by atoms with Crippen molar-refractivity contribution in [3.63, 3.8) is 0 Å². The molecule has 23 heavy (non-hydrogen) atoms. The number of hydrogen-bond donors (Lipinski definition) is 1. The third kappa shape index (κ3) is 5.63. The lowest BCUT2D eigenvalue weighted by Gasteiger charge is -2.36. The lowest BCUT2D eigenvalue weighted by atomic mass is 9.84. The highest BCUT2D eigenvalue weighted by Crippen LogP contribution is 2.33. The van der Waals surface area contributed by atoms with Crippen molar-refractivity contribution in [1.29, 1.82) is 0 Å². The summed E-state index contributed by atoms with van der Waals surface area (Å²) in [4.78, 5) is 15.3. The van der Waals surface area contributed by atoms with Crippen LogP contribution < -0.4 is 5.32 Å². The third-order valence-corrected chi connectivity index (χ3v) is 6.12. The third-order valence-electron chi connectivity index (χ3n) is 6.12. The van der Waals surface area contributed by atoms with Gasteiger partial charge in [0.1, 0.15) is 0 Å². The fraction of sp³-hybridized carbons (Fsp3) is 0.947. The fourth-order valence-electron chi connectivity index (χ4n) is 4.35. The van der Waals surface area contributed by atoms with Crippen LogP contribution in [0.1, 0.15) is 71.1 Å². The Balaban J connectivity index is 0.00000192. The van der Waals surface area contributed by atoms with Gasteiger partial charge >= 0.3 is 0 Å². The quantitative estimate of drug-likeness (QED) is 0.791. The first-order chi connectivity index (χ1) is 10.7. The number of carbonyl (C=O) groups is 1. The first-order valence-corrected chi connectivity index (χ1v) is 9.74. The predicted octanol–water partition coefficient (Wildman–Crippen LogP) is 4.01. The van der Waals surface area contributed by atoms with Crippen LogP contribution in [0.25, 0.3) is 0 Å². The van der Waals surface area contributed by atoms with Gasteiger partial charge in [-0.3, -0.25) is 4.79 Å². The zero-order valence-corrected chi connectivity index (χ0v) is 15.6. The fourth-order valence-corrected chi connectivity index (χ4v) is 4.35. The SMILES string of the molecule is CC(CC(=O)N(CC1CC1)C1CCCCC1)C1CCCNC1.Cl. The molecule has 3 rings (SSSR count). The molecule has 1 N–H and O–H groups in total. The van der Waals surface area contributed by atoms with Gasteiger partial charge in [-0.25, -0.2) is 0 Å². The Morgan fingerprint density at radius 1 is 1.09 bits per heavy atom. The van der Waals surface area contributed by atoms with Crippen molar-refractivity contribution in [2.75, 3.05) is 19.6 Å². The molecule has 2 atom stereocenters. The lowest BCUT2D eigenvalue weighted by Crippen LogP contribution is -2.44. The summed E-state index contributed by atoms with van der Waals surface area (Å²) in [6, 6.07) is 0.554. The lowest BCUT2D eigenvalue weighted by molar-refractivity contribution is -0.135. The van der Waals surface area contributed by atoms with E-state index in [4.69, 9.17) is 0 Å². The molecule has 134 valence electrons. The normalized spacial score (nSPS) is 27.1. The van der Waals surface area contributed by atoms with E-state index in [1.807, 2.05) is 0 Å². The standard InChI is InChI=1S/C19H34N2O.ClH/c1-15(17-6-5-11-20-13-17)12-19(22)21(14-16-9-10-16)18-7-3-2-4-8-18;/h15-18,20H,2-14H2,1H3;1H. The molecule has 0 aromatic rings. The number of amides is 1. The molecule has 1 amide bonds. The number of hydrogen-bond acceptors (Lipinski definition) is 2. The zero-order chi connectivity index (χ0) is 15.4. The molecular weight excluding hydrogens is 308 g/mol. The maximum absolute atomic E-state index is 13.0. The summed E-state index contributed by atoms with van der Waals surface area (Å²) in [5.41, 5.74) is 0. The van der Waals surface area contributed by atoms with Crippen molar-refractivity contribution in [3.8, 4) is 0 Å². The molecule has 4 heteroatoms. The van der Waals surface area contributed by atoms with E-state index in [-0.39, 0.29) is 12.4 Å². The topological polar surface area (TPSA) is 32.3 Å². The van der Waals surface area contributed by atoms with Gasteiger partial charge in [0.25, 0.3) is 0 Å². The summed E-state index contributed by atoms with van der Waals surface area (Å²) >= 11 is 0. The van der Waals surface area contributed by atoms with Crippen molar-refractivity contribution in [2.24, 2.45) is 17.8 Å². The van der Waals surface area contributed by atoms with Gasteiger partial charge in [-0.05, 0) is 69.4 Å². The monoisotopic (exact) mass is 342 g/mol. The Morgan fingerprint density at radius 3 is 2.43 bits per heavy atom. The summed E-state index contributed by atoms with van der Waals surface area (Å²) in [5, 5.41) is 3.50. The van der Waals surface area contributed by atoms with E-state index in [0.717, 1.165) is 32.0 Å². The Morgan fingerprint density at radius 2 is 1.83 bits per heavy atom. The van der Waals surface area contributed by atoms with Crippen molar-refractivity contribution in [2.45, 2.75) is 77.2 Å². The van der Waals surface area contributed by atoms with Crippen LogP contribution >= 0.6 is 12.4 Å². The van der Waals surface area contributed by atoms with E-state index in [1.165, 1.54) is 57.8 Å². The van der Waals surface area contributed by atoms with E-state index in [1.54, 1.807) is 0 Å². The average Bonchev–Trinajstić information content (AvgIpc) is 3.38. The molecule has 0 aromatic carbocycles. The van der Waals surface area contributed by atoms with E-state index >= 15 is 0 Å². The highest BCUT2D eigenvalue weighted by atomic mass is 35.5. The van der Waals surface area contributed by atoms with Gasteiger partial charge in [0.15, 0.2) is 0 Å². The Bertz CT molecular complexity index is 360. The first-order valence-electron chi connectivity index (χ1n) is 9.74. The highest BCUT2D eigenvalue weighted by molar-refractivity contribution is 5.85. The second-order valence-corrected chi connectivity index (χ2v) is 8.07. The van der Waals surface area contributed by atoms with Gasteiger partial charge in [-0.15, -0.1) is 12.4 Å². The van der Waals surface area contributed by atoms with Crippen LogP contribution in [0.3, 0.4) is 0 Å². The summed E-state index contributed by atoms with van der Waals surface area (Å²) in [7, 11) is 0. The zero-order valence-electron chi connectivity index (χ0n) is 14.8. The second-order valence-electron chi connectivity index (χ2n) is 8.07. The highest BCUT2D eigenvalue weighted by Gasteiger charge is 2.33. The maximum atomic E-state index is 13.0. The molecule has 1 saturated heterocycles. The molecule has 3 fully saturated rings. The number of rotatable bonds is 6. The van der Waals surface area contributed by atoms with Crippen LogP contribution in [0.2, 0.25) is 0 Å². The molecule has 1 aliphatic heterocycles. The maximum Gasteiger partial charge on any atom is 0.223 e. The van der Waals surface area contributed by atoms with Gasteiger partial charge < -0.3 is 10.2 Å². The van der Waals surface area contributed by atoms with Crippen molar-refractivity contribution in [1.82, 2.24) is 10.2 Å². The molecule has 3 aliphatic rings. The molecule has 1 heterocycles. The molecular formula is C19H35ClN2O.